The minimum Gasteiger partial charge on any atom is -0.295 e. The van der Waals surface area contributed by atoms with E-state index >= 15 is 0 Å². The molecule has 3 rings (SSSR count). The van der Waals surface area contributed by atoms with Crippen molar-refractivity contribution in [1.82, 2.24) is 4.90 Å². The Hall–Kier alpha value is -0.0900. The summed E-state index contributed by atoms with van der Waals surface area (Å²) in [6, 6.07) is 11.8. The lowest BCUT2D eigenvalue weighted by Gasteiger charge is -2.48. The van der Waals surface area contributed by atoms with Crippen LogP contribution >= 0.6 is 22.6 Å². The van der Waals surface area contributed by atoms with Crippen molar-refractivity contribution in [3.05, 3.63) is 35.9 Å². The van der Waals surface area contributed by atoms with E-state index in [9.17, 15) is 0 Å². The minimum atomic E-state index is 0.662. The summed E-state index contributed by atoms with van der Waals surface area (Å²) < 4.78 is 1.28. The van der Waals surface area contributed by atoms with Crippen LogP contribution < -0.4 is 0 Å². The summed E-state index contributed by atoms with van der Waals surface area (Å²) in [4.78, 5) is 2.79. The summed E-state index contributed by atoms with van der Waals surface area (Å²) in [7, 11) is 0. The Balaban J connectivity index is 1.71. The highest BCUT2D eigenvalue weighted by Crippen LogP contribution is 2.45. The first-order chi connectivity index (χ1) is 9.81. The van der Waals surface area contributed by atoms with Gasteiger partial charge in [-0.2, -0.15) is 0 Å². The van der Waals surface area contributed by atoms with Crippen LogP contribution in [0.2, 0.25) is 0 Å². The highest BCUT2D eigenvalue weighted by atomic mass is 127. The Morgan fingerprint density at radius 3 is 2.50 bits per heavy atom. The fourth-order valence-corrected chi connectivity index (χ4v) is 5.18. The third kappa shape index (κ3) is 3.38. The first-order valence-electron chi connectivity index (χ1n) is 8.15. The molecule has 0 amide bonds. The number of rotatable bonds is 3. The van der Waals surface area contributed by atoms with Crippen LogP contribution in [0.25, 0.3) is 0 Å². The second-order valence-electron chi connectivity index (χ2n) is 6.80. The van der Waals surface area contributed by atoms with Crippen molar-refractivity contribution < 1.29 is 0 Å². The molecule has 1 heterocycles. The summed E-state index contributed by atoms with van der Waals surface area (Å²) in [6.45, 7) is 2.49. The van der Waals surface area contributed by atoms with Gasteiger partial charge in [0.25, 0.3) is 0 Å². The van der Waals surface area contributed by atoms with Crippen molar-refractivity contribution >= 4 is 22.6 Å². The summed E-state index contributed by atoms with van der Waals surface area (Å²) in [5.74, 6) is 0. The predicted octanol–water partition coefficient (Wildman–Crippen LogP) is 5.04. The molecule has 2 aliphatic rings. The smallest absolute Gasteiger partial charge is 0.0237 e. The van der Waals surface area contributed by atoms with Crippen LogP contribution in [-0.2, 0) is 6.54 Å². The number of hydrogen-bond donors (Lipinski definition) is 0. The van der Waals surface area contributed by atoms with E-state index in [1.807, 2.05) is 0 Å². The maximum atomic E-state index is 2.79. The zero-order valence-corrected chi connectivity index (χ0v) is 14.5. The van der Waals surface area contributed by atoms with E-state index < -0.39 is 0 Å². The lowest BCUT2D eigenvalue weighted by atomic mass is 9.68. The number of halogens is 1. The highest BCUT2D eigenvalue weighted by Gasteiger charge is 2.39. The molecule has 20 heavy (non-hydrogen) atoms. The number of likely N-dealkylation sites (tertiary alicyclic amines) is 1. The average molecular weight is 383 g/mol. The van der Waals surface area contributed by atoms with Gasteiger partial charge < -0.3 is 0 Å². The molecule has 1 nitrogen and oxygen atoms in total. The molecule has 1 atom stereocenters. The van der Waals surface area contributed by atoms with Gasteiger partial charge in [-0.1, -0.05) is 72.2 Å². The van der Waals surface area contributed by atoms with Gasteiger partial charge >= 0.3 is 0 Å². The second-order valence-corrected chi connectivity index (χ2v) is 7.68. The van der Waals surface area contributed by atoms with Gasteiger partial charge in [-0.3, -0.25) is 4.90 Å². The highest BCUT2D eigenvalue weighted by molar-refractivity contribution is 14.1. The molecule has 1 saturated carbocycles. The molecule has 2 fully saturated rings. The standard InChI is InChI=1S/C18H26IN/c19-13-17-9-12-18(10-5-2-6-11-18)15-20(17)14-16-7-3-1-4-8-16/h1,3-4,7-8,17H,2,5-6,9-15H2. The number of alkyl halides is 1. The fourth-order valence-electron chi connectivity index (χ4n) is 4.18. The third-order valence-electron chi connectivity index (χ3n) is 5.38. The van der Waals surface area contributed by atoms with Gasteiger partial charge in [0, 0.05) is 23.6 Å². The van der Waals surface area contributed by atoms with Crippen LogP contribution in [0.1, 0.15) is 50.5 Å². The molecule has 1 unspecified atom stereocenters. The van der Waals surface area contributed by atoms with Crippen LogP contribution in [-0.4, -0.2) is 21.9 Å². The summed E-state index contributed by atoms with van der Waals surface area (Å²) in [5.41, 5.74) is 2.14. The SMILES string of the molecule is ICC1CCC2(CCCCC2)CN1Cc1ccccc1. The summed E-state index contributed by atoms with van der Waals surface area (Å²) in [6.07, 6.45) is 10.2. The molecule has 1 aromatic rings. The largest absolute Gasteiger partial charge is 0.295 e. The molecule has 2 heteroatoms. The number of hydrogen-bond acceptors (Lipinski definition) is 1. The van der Waals surface area contributed by atoms with Crippen LogP contribution in [0, 0.1) is 5.41 Å². The van der Waals surface area contributed by atoms with Crippen molar-refractivity contribution in [3.63, 3.8) is 0 Å². The van der Waals surface area contributed by atoms with Gasteiger partial charge in [0.2, 0.25) is 0 Å². The minimum absolute atomic E-state index is 0.662. The molecule has 0 aromatic heterocycles. The van der Waals surface area contributed by atoms with Crippen LogP contribution in [0.15, 0.2) is 30.3 Å². The normalized spacial score (nSPS) is 26.8. The third-order valence-corrected chi connectivity index (χ3v) is 6.40. The van der Waals surface area contributed by atoms with Gasteiger partial charge in [-0.25, -0.2) is 0 Å². The zero-order chi connectivity index (χ0) is 13.8. The molecule has 1 spiro atoms. The topological polar surface area (TPSA) is 3.24 Å². The quantitative estimate of drug-likeness (QED) is 0.522. The molecule has 0 radical (unpaired) electrons. The molecule has 0 N–H and O–H groups in total. The Bertz CT molecular complexity index is 411. The van der Waals surface area contributed by atoms with E-state index in [0.29, 0.717) is 5.41 Å². The molecule has 1 aromatic carbocycles. The Morgan fingerprint density at radius 2 is 1.80 bits per heavy atom. The Morgan fingerprint density at radius 1 is 1.05 bits per heavy atom. The molecular weight excluding hydrogens is 357 g/mol. The average Bonchev–Trinajstić information content (AvgIpc) is 2.49. The van der Waals surface area contributed by atoms with Gasteiger partial charge in [0.15, 0.2) is 0 Å². The molecule has 110 valence electrons. The van der Waals surface area contributed by atoms with Crippen molar-refractivity contribution in [1.29, 1.82) is 0 Å². The van der Waals surface area contributed by atoms with Crippen molar-refractivity contribution in [3.8, 4) is 0 Å². The summed E-state index contributed by atoms with van der Waals surface area (Å²) in [5, 5.41) is 0. The van der Waals surface area contributed by atoms with Crippen molar-refractivity contribution in [2.24, 2.45) is 5.41 Å². The van der Waals surface area contributed by atoms with E-state index in [1.165, 1.54) is 61.5 Å². The lowest BCUT2D eigenvalue weighted by molar-refractivity contribution is 0.0196. The van der Waals surface area contributed by atoms with Crippen LogP contribution in [0.5, 0.6) is 0 Å². The summed E-state index contributed by atoms with van der Waals surface area (Å²) >= 11 is 2.58. The predicted molar refractivity (Wildman–Crippen MR) is 94.3 cm³/mol. The first kappa shape index (κ1) is 14.8. The van der Waals surface area contributed by atoms with E-state index in [1.54, 1.807) is 0 Å². The van der Waals surface area contributed by atoms with E-state index in [-0.39, 0.29) is 0 Å². The molecule has 1 aliphatic heterocycles. The van der Waals surface area contributed by atoms with Crippen molar-refractivity contribution in [2.75, 3.05) is 11.0 Å². The Labute approximate surface area is 137 Å². The maximum absolute atomic E-state index is 2.79. The number of piperidine rings is 1. The molecular formula is C18H26IN. The fraction of sp³-hybridized carbons (Fsp3) is 0.667. The van der Waals surface area contributed by atoms with Gasteiger partial charge in [-0.05, 0) is 36.7 Å². The maximum Gasteiger partial charge on any atom is 0.0237 e. The first-order valence-corrected chi connectivity index (χ1v) is 9.68. The number of benzene rings is 1. The monoisotopic (exact) mass is 383 g/mol. The second kappa shape index (κ2) is 6.78. The molecule has 1 saturated heterocycles. The van der Waals surface area contributed by atoms with Crippen LogP contribution in [0.4, 0.5) is 0 Å². The zero-order valence-electron chi connectivity index (χ0n) is 12.4. The van der Waals surface area contributed by atoms with E-state index in [4.69, 9.17) is 0 Å². The molecule has 0 bridgehead atoms. The lowest BCUT2D eigenvalue weighted by Crippen LogP contribution is -2.49. The van der Waals surface area contributed by atoms with Crippen molar-refractivity contribution in [2.45, 2.75) is 57.5 Å². The van der Waals surface area contributed by atoms with Gasteiger partial charge in [-0.15, -0.1) is 0 Å². The molecule has 1 aliphatic carbocycles. The van der Waals surface area contributed by atoms with Crippen LogP contribution in [0.3, 0.4) is 0 Å². The van der Waals surface area contributed by atoms with Gasteiger partial charge in [0.1, 0.15) is 0 Å². The van der Waals surface area contributed by atoms with E-state index in [2.05, 4.69) is 57.8 Å². The van der Waals surface area contributed by atoms with Gasteiger partial charge in [0.05, 0.1) is 0 Å². The number of nitrogens with zero attached hydrogens (tertiary/aromatic N) is 1. The Kier molecular flexibility index (Phi) is 5.03. The van der Waals surface area contributed by atoms with E-state index in [0.717, 1.165) is 12.6 Å².